The van der Waals surface area contributed by atoms with Crippen LogP contribution in [0.5, 0.6) is 0 Å². The number of hydrogen-bond acceptors (Lipinski definition) is 2. The first kappa shape index (κ1) is 31.1. The normalized spacial score (nSPS) is 12.1. The van der Waals surface area contributed by atoms with Crippen LogP contribution in [0, 0.1) is 0 Å². The third-order valence-corrected chi connectivity index (χ3v) is 10.8. The zero-order chi connectivity index (χ0) is 34.0. The van der Waals surface area contributed by atoms with E-state index >= 15 is 0 Å². The number of nitrogens with zero attached hydrogens (tertiary/aromatic N) is 1. The fraction of sp³-hybridized carbons (Fsp3) is 0.0408. The van der Waals surface area contributed by atoms with E-state index in [1.807, 2.05) is 11.8 Å². The summed E-state index contributed by atoms with van der Waals surface area (Å²) in [6, 6.07) is 68.1. The maximum atomic E-state index is 5.14. The fourth-order valence-electron chi connectivity index (χ4n) is 7.14. The van der Waals surface area contributed by atoms with E-state index in [1.54, 1.807) is 0 Å². The predicted octanol–water partition coefficient (Wildman–Crippen LogP) is 13.5. The molecule has 0 N–H and O–H groups in total. The second-order valence-electron chi connectivity index (χ2n) is 13.1. The number of rotatable bonds is 6. The van der Waals surface area contributed by atoms with Crippen LogP contribution in [0.15, 0.2) is 188 Å². The van der Waals surface area contributed by atoms with Gasteiger partial charge in [0, 0.05) is 22.6 Å². The van der Waals surface area contributed by atoms with Crippen LogP contribution >= 0.6 is 11.8 Å². The number of hydrogen-bond donors (Lipinski definition) is 0. The van der Waals surface area contributed by atoms with Gasteiger partial charge in [0.15, 0.2) is 0 Å². The summed E-state index contributed by atoms with van der Waals surface area (Å²) in [6.07, 6.45) is 0. The van der Waals surface area contributed by atoms with Crippen LogP contribution in [0.2, 0.25) is 0 Å². The molecule has 1 nitrogen and oxygen atoms in total. The van der Waals surface area contributed by atoms with E-state index in [2.05, 4.69) is 188 Å². The lowest BCUT2D eigenvalue weighted by Crippen LogP contribution is -1.94. The summed E-state index contributed by atoms with van der Waals surface area (Å²) in [4.78, 5) is 5.14. The third-order valence-electron chi connectivity index (χ3n) is 9.80. The Bertz CT molecular complexity index is 2180. The van der Waals surface area contributed by atoms with E-state index in [0.29, 0.717) is 0 Å². The van der Waals surface area contributed by atoms with Gasteiger partial charge in [0.05, 0.1) is 11.4 Å². The van der Waals surface area contributed by atoms with Gasteiger partial charge in [-0.2, -0.15) is 11.8 Å². The average Bonchev–Trinajstić information content (AvgIpc) is 3.40. The standard InChI is InChI=1S/C49H35NS/c1-5-13-34(14-6-1)42-25-43(35-15-7-2-8-16-35)27-44(26-42)38-21-23-40-32-51-33-41-24-22-39(29-47(41)46(40)28-38)45-30-48(36-17-9-3-10-18-36)50-49(31-45)37-19-11-4-12-20-37/h1-31H,32-33H2. The maximum absolute atomic E-state index is 5.14. The van der Waals surface area contributed by atoms with Crippen molar-refractivity contribution in [3.8, 4) is 78.1 Å². The predicted molar refractivity (Wildman–Crippen MR) is 217 cm³/mol. The van der Waals surface area contributed by atoms with Crippen LogP contribution in [-0.2, 0) is 11.5 Å². The Balaban J connectivity index is 1.18. The molecular formula is C49H35NS. The summed E-state index contributed by atoms with van der Waals surface area (Å²) in [5.41, 5.74) is 19.3. The minimum absolute atomic E-state index is 0.979. The number of benzene rings is 7. The molecule has 0 amide bonds. The molecule has 8 aromatic rings. The number of thioether (sulfide) groups is 1. The zero-order valence-corrected chi connectivity index (χ0v) is 29.0. The molecule has 242 valence electrons. The molecule has 0 saturated heterocycles. The average molecular weight is 670 g/mol. The highest BCUT2D eigenvalue weighted by Crippen LogP contribution is 2.42. The summed E-state index contributed by atoms with van der Waals surface area (Å²) >= 11 is 1.99. The van der Waals surface area contributed by atoms with E-state index < -0.39 is 0 Å². The van der Waals surface area contributed by atoms with Gasteiger partial charge >= 0.3 is 0 Å². The molecule has 9 rings (SSSR count). The second-order valence-corrected chi connectivity index (χ2v) is 14.1. The van der Waals surface area contributed by atoms with Gasteiger partial charge < -0.3 is 0 Å². The van der Waals surface area contributed by atoms with Crippen molar-refractivity contribution in [3.63, 3.8) is 0 Å². The molecule has 2 heterocycles. The molecular weight excluding hydrogens is 635 g/mol. The molecule has 0 radical (unpaired) electrons. The van der Waals surface area contributed by atoms with Crippen LogP contribution in [0.4, 0.5) is 0 Å². The molecule has 0 spiro atoms. The molecule has 0 atom stereocenters. The van der Waals surface area contributed by atoms with Gasteiger partial charge in [0.2, 0.25) is 0 Å². The van der Waals surface area contributed by atoms with Crippen LogP contribution in [0.3, 0.4) is 0 Å². The summed E-state index contributed by atoms with van der Waals surface area (Å²) in [6.45, 7) is 0. The SMILES string of the molecule is c1ccc(-c2cc(-c3ccccc3)cc(-c3ccc4c(c3)-c3cc(-c5cc(-c6ccccc6)nc(-c6ccccc6)c5)ccc3CSC4)c2)cc1. The molecule has 0 fully saturated rings. The monoisotopic (exact) mass is 669 g/mol. The van der Waals surface area contributed by atoms with E-state index in [0.717, 1.165) is 34.0 Å². The van der Waals surface area contributed by atoms with Crippen molar-refractivity contribution in [3.05, 3.63) is 199 Å². The molecule has 51 heavy (non-hydrogen) atoms. The van der Waals surface area contributed by atoms with E-state index in [9.17, 15) is 0 Å². The Kier molecular flexibility index (Phi) is 8.37. The molecule has 1 aliphatic heterocycles. The van der Waals surface area contributed by atoms with Gasteiger partial charge in [-0.05, 0) is 109 Å². The van der Waals surface area contributed by atoms with Crippen molar-refractivity contribution in [1.82, 2.24) is 4.98 Å². The van der Waals surface area contributed by atoms with E-state index in [-0.39, 0.29) is 0 Å². The first-order chi connectivity index (χ1) is 25.2. The van der Waals surface area contributed by atoms with Crippen LogP contribution < -0.4 is 0 Å². The van der Waals surface area contributed by atoms with E-state index in [4.69, 9.17) is 4.98 Å². The van der Waals surface area contributed by atoms with Crippen molar-refractivity contribution >= 4 is 11.8 Å². The summed E-state index contributed by atoms with van der Waals surface area (Å²) in [7, 11) is 0. The van der Waals surface area contributed by atoms with Crippen molar-refractivity contribution in [1.29, 1.82) is 0 Å². The Morgan fingerprint density at radius 2 is 0.647 bits per heavy atom. The zero-order valence-electron chi connectivity index (χ0n) is 28.2. The highest BCUT2D eigenvalue weighted by atomic mass is 32.2. The minimum atomic E-state index is 0.979. The van der Waals surface area contributed by atoms with Crippen molar-refractivity contribution < 1.29 is 0 Å². The number of fused-ring (bicyclic) bond motifs is 3. The topological polar surface area (TPSA) is 12.9 Å². The molecule has 7 aromatic carbocycles. The van der Waals surface area contributed by atoms with Gasteiger partial charge in [0.1, 0.15) is 0 Å². The van der Waals surface area contributed by atoms with Crippen molar-refractivity contribution in [2.45, 2.75) is 11.5 Å². The van der Waals surface area contributed by atoms with Gasteiger partial charge in [-0.25, -0.2) is 4.98 Å². The molecule has 0 bridgehead atoms. The molecule has 0 saturated carbocycles. The first-order valence-corrected chi connectivity index (χ1v) is 18.6. The smallest absolute Gasteiger partial charge is 0.0715 e. The molecule has 2 heteroatoms. The summed E-state index contributed by atoms with van der Waals surface area (Å²) in [5.74, 6) is 1.98. The van der Waals surface area contributed by atoms with Crippen LogP contribution in [-0.4, -0.2) is 4.98 Å². The lowest BCUT2D eigenvalue weighted by Gasteiger charge is -2.16. The number of aromatic nitrogens is 1. The van der Waals surface area contributed by atoms with Gasteiger partial charge in [-0.3, -0.25) is 0 Å². The van der Waals surface area contributed by atoms with Gasteiger partial charge in [-0.1, -0.05) is 146 Å². The summed E-state index contributed by atoms with van der Waals surface area (Å²) < 4.78 is 0. The highest BCUT2D eigenvalue weighted by molar-refractivity contribution is 7.97. The lowest BCUT2D eigenvalue weighted by atomic mass is 9.88. The Hall–Kier alpha value is -5.96. The largest absolute Gasteiger partial charge is 0.248 e. The number of pyridine rings is 1. The van der Waals surface area contributed by atoms with Gasteiger partial charge in [0.25, 0.3) is 0 Å². The van der Waals surface area contributed by atoms with Crippen LogP contribution in [0.1, 0.15) is 11.1 Å². The minimum Gasteiger partial charge on any atom is -0.248 e. The van der Waals surface area contributed by atoms with E-state index in [1.165, 1.54) is 66.8 Å². The highest BCUT2D eigenvalue weighted by Gasteiger charge is 2.18. The molecule has 0 aliphatic carbocycles. The molecule has 1 aliphatic rings. The Morgan fingerprint density at radius 3 is 1.06 bits per heavy atom. The Labute approximate surface area is 304 Å². The van der Waals surface area contributed by atoms with Crippen LogP contribution in [0.25, 0.3) is 78.1 Å². The third kappa shape index (κ3) is 6.43. The Morgan fingerprint density at radius 1 is 0.294 bits per heavy atom. The summed E-state index contributed by atoms with van der Waals surface area (Å²) in [5, 5.41) is 0. The second kappa shape index (κ2) is 13.7. The maximum Gasteiger partial charge on any atom is 0.0715 e. The van der Waals surface area contributed by atoms with Crippen molar-refractivity contribution in [2.24, 2.45) is 0 Å². The lowest BCUT2D eigenvalue weighted by molar-refractivity contribution is 1.32. The molecule has 1 aromatic heterocycles. The quantitative estimate of drug-likeness (QED) is 0.175. The first-order valence-electron chi connectivity index (χ1n) is 17.5. The van der Waals surface area contributed by atoms with Gasteiger partial charge in [-0.15, -0.1) is 0 Å². The molecule has 0 unspecified atom stereocenters. The fourth-order valence-corrected chi connectivity index (χ4v) is 8.18. The van der Waals surface area contributed by atoms with Crippen molar-refractivity contribution in [2.75, 3.05) is 0 Å².